The van der Waals surface area contributed by atoms with Crippen LogP contribution < -0.4 is 16.2 Å². The van der Waals surface area contributed by atoms with Gasteiger partial charge in [0.05, 0.1) is 12.1 Å². The number of amides is 2. The zero-order chi connectivity index (χ0) is 20.0. The Morgan fingerprint density at radius 3 is 2.76 bits per heavy atom. The van der Waals surface area contributed by atoms with Crippen molar-refractivity contribution in [2.24, 2.45) is 11.8 Å². The van der Waals surface area contributed by atoms with Crippen molar-refractivity contribution in [2.75, 3.05) is 26.2 Å². The van der Waals surface area contributed by atoms with Crippen LogP contribution in [-0.2, 0) is 9.59 Å². The first kappa shape index (κ1) is 18.9. The number of likely N-dealkylation sites (tertiary alicyclic amines) is 1. The van der Waals surface area contributed by atoms with Crippen molar-refractivity contribution in [2.45, 2.75) is 56.5 Å². The lowest BCUT2D eigenvalue weighted by atomic mass is 9.78. The fraction of sp³-hybridized carbons (Fsp3) is 0.682. The van der Waals surface area contributed by atoms with Crippen molar-refractivity contribution >= 4 is 11.8 Å². The molecule has 1 aromatic heterocycles. The van der Waals surface area contributed by atoms with E-state index in [4.69, 9.17) is 0 Å². The van der Waals surface area contributed by atoms with Gasteiger partial charge >= 0.3 is 0 Å². The molecular weight excluding hydrogens is 368 g/mol. The van der Waals surface area contributed by atoms with E-state index in [9.17, 15) is 14.4 Å². The van der Waals surface area contributed by atoms with Crippen LogP contribution in [0.4, 0.5) is 0 Å². The Bertz CT molecular complexity index is 856. The van der Waals surface area contributed by atoms with E-state index in [0.29, 0.717) is 19.6 Å². The van der Waals surface area contributed by atoms with Crippen molar-refractivity contribution in [1.29, 1.82) is 0 Å². The van der Waals surface area contributed by atoms with Crippen molar-refractivity contribution in [3.63, 3.8) is 0 Å². The summed E-state index contributed by atoms with van der Waals surface area (Å²) < 4.78 is 1.90. The first-order chi connectivity index (χ1) is 14.1. The summed E-state index contributed by atoms with van der Waals surface area (Å²) in [6, 6.07) is 5.28. The molecule has 7 heteroatoms. The highest BCUT2D eigenvalue weighted by Gasteiger charge is 2.43. The van der Waals surface area contributed by atoms with Gasteiger partial charge in [0.2, 0.25) is 11.8 Å². The molecule has 2 bridgehead atoms. The Balaban J connectivity index is 1.39. The monoisotopic (exact) mass is 398 g/mol. The molecule has 0 spiro atoms. The van der Waals surface area contributed by atoms with Gasteiger partial charge < -0.3 is 20.1 Å². The van der Waals surface area contributed by atoms with Gasteiger partial charge in [0, 0.05) is 43.2 Å². The number of hydrogen-bond donors (Lipinski definition) is 2. The number of rotatable bonds is 4. The highest BCUT2D eigenvalue weighted by atomic mass is 16.2. The molecule has 2 saturated heterocycles. The van der Waals surface area contributed by atoms with Gasteiger partial charge in [-0.2, -0.15) is 0 Å². The Labute approximate surface area is 170 Å². The molecule has 4 aliphatic rings. The summed E-state index contributed by atoms with van der Waals surface area (Å²) in [5, 5.41) is 6.46. The van der Waals surface area contributed by atoms with Crippen LogP contribution in [0.25, 0.3) is 0 Å². The topological polar surface area (TPSA) is 83.4 Å². The van der Waals surface area contributed by atoms with Gasteiger partial charge in [-0.3, -0.25) is 14.4 Å². The van der Waals surface area contributed by atoms with E-state index in [1.54, 1.807) is 6.07 Å². The van der Waals surface area contributed by atoms with Crippen LogP contribution in [0.2, 0.25) is 0 Å². The van der Waals surface area contributed by atoms with Crippen molar-refractivity contribution in [3.05, 3.63) is 34.2 Å². The van der Waals surface area contributed by atoms with Crippen LogP contribution in [0.3, 0.4) is 0 Å². The van der Waals surface area contributed by atoms with Crippen molar-refractivity contribution in [3.8, 4) is 0 Å². The molecule has 3 fully saturated rings. The Hall–Kier alpha value is -2.15. The lowest BCUT2D eigenvalue weighted by Crippen LogP contribution is -2.57. The van der Waals surface area contributed by atoms with Crippen molar-refractivity contribution in [1.82, 2.24) is 20.1 Å². The predicted molar refractivity (Wildman–Crippen MR) is 109 cm³/mol. The molecule has 1 aromatic rings. The van der Waals surface area contributed by atoms with E-state index >= 15 is 0 Å². The number of hydrogen-bond acceptors (Lipinski definition) is 4. The first-order valence-corrected chi connectivity index (χ1v) is 11.1. The summed E-state index contributed by atoms with van der Waals surface area (Å²) in [4.78, 5) is 40.1. The molecule has 0 unspecified atom stereocenters. The number of pyridine rings is 1. The smallest absolute Gasteiger partial charge is 0.251 e. The van der Waals surface area contributed by atoms with Gasteiger partial charge in [-0.1, -0.05) is 12.5 Å². The molecule has 0 aromatic carbocycles. The second kappa shape index (κ2) is 7.59. The van der Waals surface area contributed by atoms with Gasteiger partial charge in [0.1, 0.15) is 0 Å². The lowest BCUT2D eigenvalue weighted by molar-refractivity contribution is -0.137. The minimum Gasteiger partial charge on any atom is -0.354 e. The van der Waals surface area contributed by atoms with E-state index in [2.05, 4.69) is 10.6 Å². The fourth-order valence-electron chi connectivity index (χ4n) is 5.46. The zero-order valence-electron chi connectivity index (χ0n) is 16.8. The Morgan fingerprint density at radius 1 is 1.14 bits per heavy atom. The van der Waals surface area contributed by atoms with Crippen LogP contribution in [-0.4, -0.2) is 53.5 Å². The van der Waals surface area contributed by atoms with E-state index in [-0.39, 0.29) is 47.2 Å². The summed E-state index contributed by atoms with van der Waals surface area (Å²) >= 11 is 0. The van der Waals surface area contributed by atoms with Crippen LogP contribution >= 0.6 is 0 Å². The van der Waals surface area contributed by atoms with Crippen LogP contribution in [0.1, 0.15) is 56.2 Å². The molecule has 29 heavy (non-hydrogen) atoms. The SMILES string of the molecule is O=C(NC[C@H]1[C@H]2C[C@H](CN(C(=O)[C@@H]3CCCCN3)C2)c2cccc(=O)n21)C1CC1. The van der Waals surface area contributed by atoms with Gasteiger partial charge in [-0.05, 0) is 50.6 Å². The largest absolute Gasteiger partial charge is 0.354 e. The maximum Gasteiger partial charge on any atom is 0.251 e. The third-order valence-corrected chi connectivity index (χ3v) is 7.15. The van der Waals surface area contributed by atoms with E-state index in [1.165, 1.54) is 0 Å². The third-order valence-electron chi connectivity index (χ3n) is 7.15. The van der Waals surface area contributed by atoms with Gasteiger partial charge in [-0.25, -0.2) is 0 Å². The van der Waals surface area contributed by atoms with E-state index < -0.39 is 0 Å². The number of piperidine rings is 2. The number of aromatic nitrogens is 1. The van der Waals surface area contributed by atoms with Crippen LogP contribution in [0.15, 0.2) is 23.0 Å². The molecule has 3 aliphatic heterocycles. The number of nitrogens with zero attached hydrogens (tertiary/aromatic N) is 2. The second-order valence-electron chi connectivity index (χ2n) is 9.18. The summed E-state index contributed by atoms with van der Waals surface area (Å²) in [6.07, 6.45) is 6.04. The minimum atomic E-state index is -0.0902. The van der Waals surface area contributed by atoms with Gasteiger partial charge in [0.15, 0.2) is 0 Å². The molecule has 0 radical (unpaired) electrons. The maximum atomic E-state index is 13.2. The third kappa shape index (κ3) is 3.61. The number of carbonyl (C=O) groups excluding carboxylic acids is 2. The number of fused-ring (bicyclic) bond motifs is 4. The highest BCUT2D eigenvalue weighted by molar-refractivity contribution is 5.82. The summed E-state index contributed by atoms with van der Waals surface area (Å²) in [7, 11) is 0. The molecule has 4 heterocycles. The zero-order valence-corrected chi connectivity index (χ0v) is 16.8. The molecule has 7 nitrogen and oxygen atoms in total. The summed E-state index contributed by atoms with van der Waals surface area (Å²) in [5.41, 5.74) is 1.00. The molecule has 2 amide bonds. The van der Waals surface area contributed by atoms with E-state index in [0.717, 1.165) is 50.8 Å². The molecule has 156 valence electrons. The summed E-state index contributed by atoms with van der Waals surface area (Å²) in [5.74, 6) is 0.832. The quantitative estimate of drug-likeness (QED) is 0.793. The lowest BCUT2D eigenvalue weighted by Gasteiger charge is -2.47. The molecule has 5 rings (SSSR count). The predicted octanol–water partition coefficient (Wildman–Crippen LogP) is 1.00. The second-order valence-corrected chi connectivity index (χ2v) is 9.18. The van der Waals surface area contributed by atoms with Crippen LogP contribution in [0.5, 0.6) is 0 Å². The van der Waals surface area contributed by atoms with Crippen LogP contribution in [0, 0.1) is 11.8 Å². The number of nitrogens with one attached hydrogen (secondary N) is 2. The van der Waals surface area contributed by atoms with Gasteiger partial charge in [-0.15, -0.1) is 0 Å². The maximum absolute atomic E-state index is 13.2. The molecule has 1 saturated carbocycles. The fourth-order valence-corrected chi connectivity index (χ4v) is 5.46. The summed E-state index contributed by atoms with van der Waals surface area (Å²) in [6.45, 7) is 2.72. The van der Waals surface area contributed by atoms with Gasteiger partial charge in [0.25, 0.3) is 5.56 Å². The van der Waals surface area contributed by atoms with Crippen molar-refractivity contribution < 1.29 is 9.59 Å². The Morgan fingerprint density at radius 2 is 2.00 bits per heavy atom. The average Bonchev–Trinajstić information content (AvgIpc) is 3.59. The average molecular weight is 399 g/mol. The molecule has 2 N–H and O–H groups in total. The molecule has 1 aliphatic carbocycles. The highest BCUT2D eigenvalue weighted by Crippen LogP contribution is 2.41. The normalized spacial score (nSPS) is 31.1. The minimum absolute atomic E-state index is 0.00315. The number of carbonyl (C=O) groups is 2. The molecule has 4 atom stereocenters. The molecular formula is C22H30N4O3. The first-order valence-electron chi connectivity index (χ1n) is 11.1. The standard InChI is InChI=1S/C22H30N4O3/c27-20-6-3-5-18-15-10-16(19(26(18)20)11-24-21(28)14-7-8-14)13-25(12-15)22(29)17-4-1-2-9-23-17/h3,5-6,14-17,19,23H,1-2,4,7-13H2,(H,24,28)/t15-,16+,17+,19+/m1/s1. The van der Waals surface area contributed by atoms with E-state index in [1.807, 2.05) is 21.6 Å². The Kier molecular flexibility index (Phi) is 4.94.